The Balaban J connectivity index is 2.90. The normalized spacial score (nSPS) is 12.1. The molecule has 0 radical (unpaired) electrons. The quantitative estimate of drug-likeness (QED) is 0.641. The first-order valence-electron chi connectivity index (χ1n) is 4.45. The fraction of sp³-hybridized carbons (Fsp3) is 0.300. The Morgan fingerprint density at radius 2 is 1.94 bits per heavy atom. The van der Waals surface area contributed by atoms with Gasteiger partial charge in [-0.2, -0.15) is 0 Å². The van der Waals surface area contributed by atoms with Crippen molar-refractivity contribution in [2.24, 2.45) is 0 Å². The molecule has 0 amide bonds. The van der Waals surface area contributed by atoms with Crippen molar-refractivity contribution in [1.29, 1.82) is 0 Å². The van der Waals surface area contributed by atoms with Gasteiger partial charge in [0.05, 0.1) is 12.8 Å². The number of nitrogens with one attached hydrogen (secondary N) is 1. The van der Waals surface area contributed by atoms with Gasteiger partial charge >= 0.3 is 5.97 Å². The summed E-state index contributed by atoms with van der Waals surface area (Å²) in [6, 6.07) is 0.919. The van der Waals surface area contributed by atoms with Crippen LogP contribution in [-0.4, -0.2) is 19.1 Å². The molecule has 0 fully saturated rings. The molecule has 1 aromatic rings. The largest absolute Gasteiger partial charge is 0.467 e. The molecule has 1 atom stereocenters. The summed E-state index contributed by atoms with van der Waals surface area (Å²) in [7, 11) is 1.17. The molecule has 0 aliphatic rings. The van der Waals surface area contributed by atoms with Crippen LogP contribution in [0.4, 0.5) is 18.9 Å². The monoisotopic (exact) mass is 233 g/mol. The van der Waals surface area contributed by atoms with E-state index in [0.29, 0.717) is 0 Å². The maximum atomic E-state index is 13.2. The maximum Gasteiger partial charge on any atom is 0.327 e. The number of benzene rings is 1. The van der Waals surface area contributed by atoms with Crippen LogP contribution in [0, 0.1) is 17.5 Å². The summed E-state index contributed by atoms with van der Waals surface area (Å²) in [5, 5.41) is 2.37. The van der Waals surface area contributed by atoms with Crippen molar-refractivity contribution in [3.05, 3.63) is 29.6 Å². The number of ether oxygens (including phenoxy) is 1. The minimum atomic E-state index is -1.58. The number of halogens is 3. The number of carbonyl (C=O) groups excluding carboxylic acids is 1. The molecule has 0 heterocycles. The zero-order chi connectivity index (χ0) is 12.3. The molecule has 88 valence electrons. The lowest BCUT2D eigenvalue weighted by atomic mass is 10.2. The van der Waals surface area contributed by atoms with E-state index in [-0.39, 0.29) is 5.69 Å². The lowest BCUT2D eigenvalue weighted by Gasteiger charge is -2.13. The lowest BCUT2D eigenvalue weighted by Crippen LogP contribution is -2.27. The van der Waals surface area contributed by atoms with Gasteiger partial charge in [-0.15, -0.1) is 0 Å². The highest BCUT2D eigenvalue weighted by Gasteiger charge is 2.18. The van der Waals surface area contributed by atoms with Gasteiger partial charge in [0.1, 0.15) is 6.04 Å². The molecule has 1 N–H and O–H groups in total. The summed E-state index contributed by atoms with van der Waals surface area (Å²) in [5.41, 5.74) is -0.295. The molecule has 0 bridgehead atoms. The van der Waals surface area contributed by atoms with Crippen LogP contribution in [0.25, 0.3) is 0 Å². The van der Waals surface area contributed by atoms with Crippen molar-refractivity contribution in [1.82, 2.24) is 0 Å². The first-order chi connectivity index (χ1) is 7.47. The van der Waals surface area contributed by atoms with Crippen LogP contribution in [0.5, 0.6) is 0 Å². The molecule has 1 rings (SSSR count). The highest BCUT2D eigenvalue weighted by atomic mass is 19.2. The topological polar surface area (TPSA) is 38.3 Å². The Hall–Kier alpha value is -1.72. The molecule has 0 spiro atoms. The van der Waals surface area contributed by atoms with Gasteiger partial charge in [0.2, 0.25) is 0 Å². The average Bonchev–Trinajstić information content (AvgIpc) is 2.28. The summed E-state index contributed by atoms with van der Waals surface area (Å²) < 4.78 is 43.0. The van der Waals surface area contributed by atoms with Crippen molar-refractivity contribution in [2.45, 2.75) is 13.0 Å². The third-order valence-electron chi connectivity index (χ3n) is 1.96. The number of hydrogen-bond donors (Lipinski definition) is 1. The summed E-state index contributed by atoms with van der Waals surface area (Å²) in [5.74, 6) is -4.87. The molecule has 0 unspecified atom stereocenters. The third kappa shape index (κ3) is 2.44. The molecule has 0 aliphatic carbocycles. The van der Waals surface area contributed by atoms with Crippen LogP contribution in [0.3, 0.4) is 0 Å². The van der Waals surface area contributed by atoms with Gasteiger partial charge in [-0.05, 0) is 19.1 Å². The van der Waals surface area contributed by atoms with Gasteiger partial charge in [-0.25, -0.2) is 18.0 Å². The van der Waals surface area contributed by atoms with Crippen LogP contribution in [0.1, 0.15) is 6.92 Å². The van der Waals surface area contributed by atoms with Crippen LogP contribution in [-0.2, 0) is 9.53 Å². The fourth-order valence-corrected chi connectivity index (χ4v) is 1.11. The predicted molar refractivity (Wildman–Crippen MR) is 51.4 cm³/mol. The minimum Gasteiger partial charge on any atom is -0.467 e. The van der Waals surface area contributed by atoms with Crippen molar-refractivity contribution in [3.63, 3.8) is 0 Å². The summed E-state index contributed by atoms with van der Waals surface area (Å²) in [6.45, 7) is 1.41. The minimum absolute atomic E-state index is 0.295. The van der Waals surface area contributed by atoms with E-state index in [1.807, 2.05) is 0 Å². The van der Waals surface area contributed by atoms with Crippen molar-refractivity contribution in [3.8, 4) is 0 Å². The summed E-state index contributed by atoms with van der Waals surface area (Å²) in [4.78, 5) is 11.0. The number of carbonyl (C=O) groups is 1. The second-order valence-electron chi connectivity index (χ2n) is 3.11. The molecule has 1 aromatic carbocycles. The van der Waals surface area contributed by atoms with E-state index in [9.17, 15) is 18.0 Å². The smallest absolute Gasteiger partial charge is 0.327 e. The van der Waals surface area contributed by atoms with Crippen LogP contribution >= 0.6 is 0 Å². The van der Waals surface area contributed by atoms with Crippen LogP contribution in [0.15, 0.2) is 12.1 Å². The number of esters is 1. The Bertz CT molecular complexity index is 409. The van der Waals surface area contributed by atoms with Gasteiger partial charge in [0, 0.05) is 0 Å². The zero-order valence-corrected chi connectivity index (χ0v) is 8.68. The molecule has 0 aliphatic heterocycles. The first-order valence-corrected chi connectivity index (χ1v) is 4.45. The van der Waals surface area contributed by atoms with E-state index in [4.69, 9.17) is 0 Å². The van der Waals surface area contributed by atoms with E-state index < -0.39 is 29.5 Å². The number of methoxy groups -OCH3 is 1. The predicted octanol–water partition coefficient (Wildman–Crippen LogP) is 2.08. The van der Waals surface area contributed by atoms with Gasteiger partial charge < -0.3 is 10.1 Å². The van der Waals surface area contributed by atoms with E-state index in [2.05, 4.69) is 10.1 Å². The Morgan fingerprint density at radius 3 is 2.50 bits per heavy atom. The molecular formula is C10H10F3NO2. The van der Waals surface area contributed by atoms with Crippen molar-refractivity contribution >= 4 is 11.7 Å². The van der Waals surface area contributed by atoms with Gasteiger partial charge in [-0.1, -0.05) is 0 Å². The Labute approximate surface area is 90.2 Å². The van der Waals surface area contributed by atoms with E-state index in [0.717, 1.165) is 12.1 Å². The highest BCUT2D eigenvalue weighted by molar-refractivity contribution is 5.78. The number of hydrogen-bond acceptors (Lipinski definition) is 3. The third-order valence-corrected chi connectivity index (χ3v) is 1.96. The molecule has 6 heteroatoms. The van der Waals surface area contributed by atoms with Crippen molar-refractivity contribution < 1.29 is 22.7 Å². The molecule has 0 saturated heterocycles. The van der Waals surface area contributed by atoms with E-state index in [1.165, 1.54) is 14.0 Å². The molecule has 0 aromatic heterocycles. The Morgan fingerprint density at radius 1 is 1.31 bits per heavy atom. The summed E-state index contributed by atoms with van der Waals surface area (Å²) in [6.07, 6.45) is 0. The van der Waals surface area contributed by atoms with Gasteiger partial charge in [-0.3, -0.25) is 0 Å². The first kappa shape index (κ1) is 12.4. The second kappa shape index (κ2) is 4.87. The average molecular weight is 233 g/mol. The number of rotatable bonds is 3. The van der Waals surface area contributed by atoms with Crippen molar-refractivity contribution in [2.75, 3.05) is 12.4 Å². The SMILES string of the molecule is COC(=O)[C@@H](C)Nc1ccc(F)c(F)c1F. The summed E-state index contributed by atoms with van der Waals surface area (Å²) >= 11 is 0. The highest BCUT2D eigenvalue weighted by Crippen LogP contribution is 2.20. The second-order valence-corrected chi connectivity index (χ2v) is 3.11. The molecule has 0 saturated carbocycles. The van der Waals surface area contributed by atoms with Gasteiger partial charge in [0.25, 0.3) is 0 Å². The van der Waals surface area contributed by atoms with Gasteiger partial charge in [0.15, 0.2) is 17.5 Å². The molecule has 16 heavy (non-hydrogen) atoms. The van der Waals surface area contributed by atoms with E-state index in [1.54, 1.807) is 0 Å². The standard InChI is InChI=1S/C10H10F3NO2/c1-5(10(15)16-2)14-7-4-3-6(11)8(12)9(7)13/h3-5,14H,1-2H3/t5-/m1/s1. The maximum absolute atomic E-state index is 13.2. The van der Waals surface area contributed by atoms with E-state index >= 15 is 0 Å². The number of anilines is 1. The van der Waals surface area contributed by atoms with Crippen LogP contribution in [0.2, 0.25) is 0 Å². The lowest BCUT2D eigenvalue weighted by molar-refractivity contribution is -0.141. The van der Waals surface area contributed by atoms with Crippen LogP contribution < -0.4 is 5.32 Å². The fourth-order valence-electron chi connectivity index (χ4n) is 1.11. The zero-order valence-electron chi connectivity index (χ0n) is 8.68. The molecular weight excluding hydrogens is 223 g/mol. The Kier molecular flexibility index (Phi) is 3.76. The molecule has 3 nitrogen and oxygen atoms in total.